The fraction of sp³-hybridized carbons (Fsp3) is 0.312. The van der Waals surface area contributed by atoms with Crippen LogP contribution in [0.3, 0.4) is 0 Å². The van der Waals surface area contributed by atoms with Gasteiger partial charge >= 0.3 is 0 Å². The van der Waals surface area contributed by atoms with Crippen molar-refractivity contribution in [1.29, 1.82) is 0 Å². The largest absolute Gasteiger partial charge is 0.389 e. The van der Waals surface area contributed by atoms with Gasteiger partial charge in [0.15, 0.2) is 0 Å². The van der Waals surface area contributed by atoms with E-state index in [-0.39, 0.29) is 0 Å². The third-order valence-corrected chi connectivity index (χ3v) is 3.51. The van der Waals surface area contributed by atoms with Crippen molar-refractivity contribution in [3.8, 4) is 0 Å². The summed E-state index contributed by atoms with van der Waals surface area (Å²) in [6, 6.07) is 12.3. The standard InChI is InChI=1S/C16H21N3S/c1-19(2)11-5-10-18-15-9-8-14(16(17)20)12-6-3-4-7-13(12)15/h3-4,6-9,18H,5,10-11H2,1-2H3,(H2,17,20). The molecule has 0 atom stereocenters. The van der Waals surface area contributed by atoms with E-state index in [1.165, 1.54) is 5.39 Å². The Morgan fingerprint density at radius 2 is 1.85 bits per heavy atom. The molecule has 2 aromatic carbocycles. The van der Waals surface area contributed by atoms with Gasteiger partial charge in [-0.2, -0.15) is 0 Å². The normalized spacial score (nSPS) is 10.9. The summed E-state index contributed by atoms with van der Waals surface area (Å²) < 4.78 is 0. The van der Waals surface area contributed by atoms with Crippen molar-refractivity contribution >= 4 is 33.7 Å². The number of anilines is 1. The Labute approximate surface area is 125 Å². The Morgan fingerprint density at radius 1 is 1.15 bits per heavy atom. The van der Waals surface area contributed by atoms with Crippen LogP contribution in [0.25, 0.3) is 10.8 Å². The second-order valence-electron chi connectivity index (χ2n) is 5.15. The first kappa shape index (κ1) is 14.8. The molecule has 0 aromatic heterocycles. The first-order chi connectivity index (χ1) is 9.59. The van der Waals surface area contributed by atoms with Gasteiger partial charge in [0.1, 0.15) is 4.99 Å². The lowest BCUT2D eigenvalue weighted by molar-refractivity contribution is 0.405. The third-order valence-electron chi connectivity index (χ3n) is 3.29. The lowest BCUT2D eigenvalue weighted by atomic mass is 10.0. The summed E-state index contributed by atoms with van der Waals surface area (Å²) in [5.74, 6) is 0. The van der Waals surface area contributed by atoms with Crippen LogP contribution in [-0.2, 0) is 0 Å². The Hall–Kier alpha value is -1.65. The molecule has 4 heteroatoms. The van der Waals surface area contributed by atoms with Crippen molar-refractivity contribution in [2.75, 3.05) is 32.5 Å². The Morgan fingerprint density at radius 3 is 2.50 bits per heavy atom. The monoisotopic (exact) mass is 287 g/mol. The molecule has 0 radical (unpaired) electrons. The number of nitrogens with zero attached hydrogens (tertiary/aromatic N) is 1. The molecule has 0 bridgehead atoms. The van der Waals surface area contributed by atoms with Gasteiger partial charge in [-0.05, 0) is 44.6 Å². The third kappa shape index (κ3) is 3.46. The average Bonchev–Trinajstić information content (AvgIpc) is 2.43. The molecule has 3 nitrogen and oxygen atoms in total. The number of benzene rings is 2. The van der Waals surface area contributed by atoms with Gasteiger partial charge in [-0.3, -0.25) is 0 Å². The topological polar surface area (TPSA) is 41.3 Å². The minimum Gasteiger partial charge on any atom is -0.389 e. The van der Waals surface area contributed by atoms with E-state index in [1.54, 1.807) is 0 Å². The zero-order valence-electron chi connectivity index (χ0n) is 12.0. The highest BCUT2D eigenvalue weighted by atomic mass is 32.1. The summed E-state index contributed by atoms with van der Waals surface area (Å²) in [7, 11) is 4.18. The average molecular weight is 287 g/mol. The minimum absolute atomic E-state index is 0.445. The zero-order chi connectivity index (χ0) is 14.5. The van der Waals surface area contributed by atoms with E-state index in [1.807, 2.05) is 18.2 Å². The fourth-order valence-corrected chi connectivity index (χ4v) is 2.46. The van der Waals surface area contributed by atoms with Crippen molar-refractivity contribution < 1.29 is 0 Å². The molecule has 0 amide bonds. The lowest BCUT2D eigenvalue weighted by Crippen LogP contribution is -2.16. The van der Waals surface area contributed by atoms with Gasteiger partial charge in [0, 0.05) is 23.2 Å². The van der Waals surface area contributed by atoms with E-state index in [0.717, 1.165) is 36.1 Å². The van der Waals surface area contributed by atoms with E-state index >= 15 is 0 Å². The van der Waals surface area contributed by atoms with Crippen molar-refractivity contribution in [3.63, 3.8) is 0 Å². The number of fused-ring (bicyclic) bond motifs is 1. The Balaban J connectivity index is 2.22. The number of hydrogen-bond acceptors (Lipinski definition) is 3. The number of thiocarbonyl (C=S) groups is 1. The number of hydrogen-bond donors (Lipinski definition) is 2. The molecule has 0 heterocycles. The number of rotatable bonds is 6. The summed E-state index contributed by atoms with van der Waals surface area (Å²) in [6.07, 6.45) is 1.11. The molecule has 0 fully saturated rings. The number of nitrogens with one attached hydrogen (secondary N) is 1. The highest BCUT2D eigenvalue weighted by Gasteiger charge is 2.07. The fourth-order valence-electron chi connectivity index (χ4n) is 2.29. The maximum atomic E-state index is 5.79. The molecular formula is C16H21N3S. The van der Waals surface area contributed by atoms with Crippen molar-refractivity contribution in [3.05, 3.63) is 42.0 Å². The van der Waals surface area contributed by atoms with Crippen LogP contribution in [0.5, 0.6) is 0 Å². The van der Waals surface area contributed by atoms with Gasteiger partial charge < -0.3 is 16.0 Å². The van der Waals surface area contributed by atoms with Crippen LogP contribution in [0.2, 0.25) is 0 Å². The molecule has 0 spiro atoms. The molecule has 20 heavy (non-hydrogen) atoms. The quantitative estimate of drug-likeness (QED) is 0.633. The zero-order valence-corrected chi connectivity index (χ0v) is 12.8. The summed E-state index contributed by atoms with van der Waals surface area (Å²) in [5.41, 5.74) is 7.87. The summed E-state index contributed by atoms with van der Waals surface area (Å²) in [4.78, 5) is 2.63. The van der Waals surface area contributed by atoms with Crippen LogP contribution in [0.1, 0.15) is 12.0 Å². The molecule has 2 aromatic rings. The molecule has 2 rings (SSSR count). The second kappa shape index (κ2) is 6.68. The van der Waals surface area contributed by atoms with E-state index in [0.29, 0.717) is 4.99 Å². The second-order valence-corrected chi connectivity index (χ2v) is 5.59. The highest BCUT2D eigenvalue weighted by Crippen LogP contribution is 2.26. The van der Waals surface area contributed by atoms with Gasteiger partial charge in [-0.15, -0.1) is 0 Å². The van der Waals surface area contributed by atoms with E-state index in [4.69, 9.17) is 18.0 Å². The highest BCUT2D eigenvalue weighted by molar-refractivity contribution is 7.80. The molecule has 106 valence electrons. The molecule has 0 aliphatic heterocycles. The molecule has 0 unspecified atom stereocenters. The molecule has 3 N–H and O–H groups in total. The smallest absolute Gasteiger partial charge is 0.104 e. The first-order valence-electron chi connectivity index (χ1n) is 6.80. The van der Waals surface area contributed by atoms with Crippen LogP contribution >= 0.6 is 12.2 Å². The maximum Gasteiger partial charge on any atom is 0.104 e. The minimum atomic E-state index is 0.445. The summed E-state index contributed by atoms with van der Waals surface area (Å²) in [5, 5.41) is 5.78. The number of nitrogens with two attached hydrogens (primary N) is 1. The summed E-state index contributed by atoms with van der Waals surface area (Å²) >= 11 is 5.12. The lowest BCUT2D eigenvalue weighted by Gasteiger charge is -2.14. The van der Waals surface area contributed by atoms with Crippen LogP contribution in [-0.4, -0.2) is 37.1 Å². The van der Waals surface area contributed by atoms with Crippen molar-refractivity contribution in [2.45, 2.75) is 6.42 Å². The predicted octanol–water partition coefficient (Wildman–Crippen LogP) is 2.84. The molecule has 0 aliphatic carbocycles. The van der Waals surface area contributed by atoms with Crippen LogP contribution in [0, 0.1) is 0 Å². The molecule has 0 aliphatic rings. The van der Waals surface area contributed by atoms with E-state index < -0.39 is 0 Å². The Bertz CT molecular complexity index is 608. The molecule has 0 saturated carbocycles. The van der Waals surface area contributed by atoms with E-state index in [2.05, 4.69) is 42.5 Å². The van der Waals surface area contributed by atoms with Gasteiger partial charge in [-0.25, -0.2) is 0 Å². The van der Waals surface area contributed by atoms with Gasteiger partial charge in [0.2, 0.25) is 0 Å². The predicted molar refractivity (Wildman–Crippen MR) is 91.5 cm³/mol. The van der Waals surface area contributed by atoms with Crippen molar-refractivity contribution in [2.24, 2.45) is 5.73 Å². The maximum absolute atomic E-state index is 5.79. The van der Waals surface area contributed by atoms with Crippen molar-refractivity contribution in [1.82, 2.24) is 4.90 Å². The molecular weight excluding hydrogens is 266 g/mol. The first-order valence-corrected chi connectivity index (χ1v) is 7.20. The van der Waals surface area contributed by atoms with E-state index in [9.17, 15) is 0 Å². The van der Waals surface area contributed by atoms with Gasteiger partial charge in [0.05, 0.1) is 0 Å². The Kier molecular flexibility index (Phi) is 4.93. The van der Waals surface area contributed by atoms with Gasteiger partial charge in [0.25, 0.3) is 0 Å². The van der Waals surface area contributed by atoms with Crippen LogP contribution in [0.15, 0.2) is 36.4 Å². The van der Waals surface area contributed by atoms with Crippen LogP contribution in [0.4, 0.5) is 5.69 Å². The SMILES string of the molecule is CN(C)CCCNc1ccc(C(N)=S)c2ccccc12. The molecule has 0 saturated heterocycles. The summed E-state index contributed by atoms with van der Waals surface area (Å²) in [6.45, 7) is 2.03. The van der Waals surface area contributed by atoms with Crippen LogP contribution < -0.4 is 11.1 Å². The van der Waals surface area contributed by atoms with Gasteiger partial charge in [-0.1, -0.05) is 36.5 Å².